The van der Waals surface area contributed by atoms with Gasteiger partial charge < -0.3 is 19.9 Å². The van der Waals surface area contributed by atoms with E-state index in [-0.39, 0.29) is 49.0 Å². The van der Waals surface area contributed by atoms with E-state index >= 15 is 0 Å². The average molecular weight is 480 g/mol. The van der Waals surface area contributed by atoms with Gasteiger partial charge in [0.05, 0.1) is 6.33 Å². The summed E-state index contributed by atoms with van der Waals surface area (Å²) in [4.78, 5) is 46.6. The number of hydrogen-bond donors (Lipinski definition) is 2. The summed E-state index contributed by atoms with van der Waals surface area (Å²) in [5, 5.41) is 0. The van der Waals surface area contributed by atoms with Crippen LogP contribution in [0.1, 0.15) is 78.1 Å². The number of carbonyl (C=O) groups is 2. The number of fused-ring (bicyclic) bond motifs is 1. The first kappa shape index (κ1) is 27.3. The maximum Gasteiger partial charge on any atom is 0.305 e. The van der Waals surface area contributed by atoms with Gasteiger partial charge in [-0.15, -0.1) is 0 Å². The minimum Gasteiger partial charge on any atom is -0.463 e. The second-order valence-corrected chi connectivity index (χ2v) is 8.24. The van der Waals surface area contributed by atoms with Crippen molar-refractivity contribution in [1.82, 2.24) is 19.5 Å². The number of carbonyl (C=O) groups excluding carboxylic acids is 2. The van der Waals surface area contributed by atoms with Crippen LogP contribution in [0.25, 0.3) is 11.2 Å². The highest BCUT2D eigenvalue weighted by molar-refractivity contribution is 5.70. The number of nitrogens with two attached hydrogens (primary N) is 1. The molecule has 0 aliphatic carbocycles. The van der Waals surface area contributed by atoms with Crippen LogP contribution in [0.4, 0.5) is 5.95 Å². The number of esters is 2. The number of hydrogen-bond acceptors (Lipinski definition) is 9. The molecule has 0 amide bonds. The van der Waals surface area contributed by atoms with E-state index in [2.05, 4.69) is 28.8 Å². The fourth-order valence-electron chi connectivity index (χ4n) is 3.30. The summed E-state index contributed by atoms with van der Waals surface area (Å²) in [6.45, 7) is 4.06. The van der Waals surface area contributed by atoms with Crippen molar-refractivity contribution in [2.75, 3.05) is 18.9 Å². The summed E-state index contributed by atoms with van der Waals surface area (Å²) in [5.41, 5.74) is 5.57. The maximum absolute atomic E-state index is 12.1. The molecule has 0 unspecified atom stereocenters. The molecule has 11 heteroatoms. The molecule has 2 aromatic heterocycles. The van der Waals surface area contributed by atoms with Gasteiger partial charge in [-0.3, -0.25) is 23.9 Å². The Morgan fingerprint density at radius 3 is 2.15 bits per heavy atom. The maximum atomic E-state index is 12.1. The minimum atomic E-state index is -0.684. The normalized spacial score (nSPS) is 11.3. The number of nitrogen functional groups attached to an aromatic ring is 1. The Morgan fingerprint density at radius 1 is 1.00 bits per heavy atom. The molecule has 34 heavy (non-hydrogen) atoms. The van der Waals surface area contributed by atoms with E-state index in [1.54, 1.807) is 0 Å². The van der Waals surface area contributed by atoms with Crippen molar-refractivity contribution in [2.24, 2.45) is 0 Å². The Morgan fingerprint density at radius 2 is 1.59 bits per heavy atom. The molecule has 0 aliphatic rings. The molecular weight excluding hydrogens is 442 g/mol. The number of H-pyrrole nitrogens is 1. The molecule has 0 spiro atoms. The number of unbranched alkanes of at least 4 members (excludes halogenated alkanes) is 6. The van der Waals surface area contributed by atoms with Crippen LogP contribution in [0.2, 0.25) is 0 Å². The van der Waals surface area contributed by atoms with Crippen molar-refractivity contribution >= 4 is 29.1 Å². The molecule has 0 radical (unpaired) electrons. The molecule has 0 saturated carbocycles. The van der Waals surface area contributed by atoms with Crippen LogP contribution in [-0.4, -0.2) is 50.8 Å². The molecule has 0 atom stereocenters. The molecular formula is C23H37N5O6. The largest absolute Gasteiger partial charge is 0.463 e. The van der Waals surface area contributed by atoms with Gasteiger partial charge in [-0.1, -0.05) is 52.4 Å². The van der Waals surface area contributed by atoms with Gasteiger partial charge in [0.25, 0.3) is 5.56 Å². The van der Waals surface area contributed by atoms with Crippen molar-refractivity contribution in [3.63, 3.8) is 0 Å². The van der Waals surface area contributed by atoms with Crippen LogP contribution in [0.15, 0.2) is 11.1 Å². The standard InChI is InChI=1S/C23H37N5O6/c1-3-5-7-9-11-18(29)32-13-17(14-33-19(30)12-10-8-6-4-2)34-16-28-15-25-20-21(28)26-23(24)27-22(20)31/h15,17H,3-14,16H2,1-2H3,(H3,24,26,27,31). The molecule has 3 N–H and O–H groups in total. The van der Waals surface area contributed by atoms with Gasteiger partial charge in [-0.05, 0) is 12.8 Å². The first-order valence-electron chi connectivity index (χ1n) is 12.1. The highest BCUT2D eigenvalue weighted by Crippen LogP contribution is 2.10. The smallest absolute Gasteiger partial charge is 0.305 e. The molecule has 2 heterocycles. The molecule has 11 nitrogen and oxygen atoms in total. The third-order valence-corrected chi connectivity index (χ3v) is 5.27. The van der Waals surface area contributed by atoms with Gasteiger partial charge >= 0.3 is 11.9 Å². The van der Waals surface area contributed by atoms with Gasteiger partial charge in [-0.2, -0.15) is 4.98 Å². The van der Waals surface area contributed by atoms with Crippen molar-refractivity contribution < 1.29 is 23.8 Å². The first-order chi connectivity index (χ1) is 16.4. The van der Waals surface area contributed by atoms with Gasteiger partial charge in [0, 0.05) is 12.8 Å². The summed E-state index contributed by atoms with van der Waals surface area (Å²) in [6.07, 6.45) is 9.22. The predicted molar refractivity (Wildman–Crippen MR) is 127 cm³/mol. The molecule has 0 saturated heterocycles. The molecule has 0 aromatic carbocycles. The Kier molecular flexibility index (Phi) is 12.1. The number of aromatic amines is 1. The van der Waals surface area contributed by atoms with E-state index in [0.717, 1.165) is 51.4 Å². The van der Waals surface area contributed by atoms with Crippen LogP contribution >= 0.6 is 0 Å². The lowest BCUT2D eigenvalue weighted by Crippen LogP contribution is -2.29. The van der Waals surface area contributed by atoms with Crippen LogP contribution < -0.4 is 11.3 Å². The van der Waals surface area contributed by atoms with Crippen molar-refractivity contribution in [2.45, 2.75) is 90.9 Å². The number of imidazole rings is 1. The van der Waals surface area contributed by atoms with Crippen LogP contribution in [0.5, 0.6) is 0 Å². The second-order valence-electron chi connectivity index (χ2n) is 8.24. The van der Waals surface area contributed by atoms with E-state index < -0.39 is 11.7 Å². The number of aromatic nitrogens is 4. The summed E-state index contributed by atoms with van der Waals surface area (Å²) in [5.74, 6) is -0.667. The fourth-order valence-corrected chi connectivity index (χ4v) is 3.30. The lowest BCUT2D eigenvalue weighted by molar-refractivity contribution is -0.157. The van der Waals surface area contributed by atoms with Crippen molar-refractivity contribution in [3.8, 4) is 0 Å². The average Bonchev–Trinajstić information content (AvgIpc) is 3.22. The number of rotatable bonds is 17. The van der Waals surface area contributed by atoms with E-state index in [0.29, 0.717) is 12.8 Å². The predicted octanol–water partition coefficient (Wildman–Crippen LogP) is 3.07. The lowest BCUT2D eigenvalue weighted by atomic mass is 10.1. The Hall–Kier alpha value is -2.95. The van der Waals surface area contributed by atoms with Crippen LogP contribution in [-0.2, 0) is 30.5 Å². The van der Waals surface area contributed by atoms with Gasteiger partial charge in [0.2, 0.25) is 5.95 Å². The topological polar surface area (TPSA) is 151 Å². The highest BCUT2D eigenvalue weighted by atomic mass is 16.6. The Bertz CT molecular complexity index is 929. The van der Waals surface area contributed by atoms with Gasteiger partial charge in [0.1, 0.15) is 26.0 Å². The summed E-state index contributed by atoms with van der Waals surface area (Å²) < 4.78 is 18.1. The van der Waals surface area contributed by atoms with Gasteiger partial charge in [0.15, 0.2) is 11.2 Å². The number of nitrogens with one attached hydrogen (secondary N) is 1. The monoisotopic (exact) mass is 479 g/mol. The van der Waals surface area contributed by atoms with E-state index in [9.17, 15) is 14.4 Å². The number of anilines is 1. The van der Waals surface area contributed by atoms with Crippen molar-refractivity contribution in [3.05, 3.63) is 16.7 Å². The fraction of sp³-hybridized carbons (Fsp3) is 0.696. The van der Waals surface area contributed by atoms with Crippen molar-refractivity contribution in [1.29, 1.82) is 0 Å². The summed E-state index contributed by atoms with van der Waals surface area (Å²) in [7, 11) is 0. The molecule has 2 aromatic rings. The SMILES string of the molecule is CCCCCCC(=O)OCC(COC(=O)CCCCCC)OCn1cnc2c(=O)[nH]c(N)nc21. The van der Waals surface area contributed by atoms with Crippen LogP contribution in [0, 0.1) is 0 Å². The van der Waals surface area contributed by atoms with E-state index in [1.165, 1.54) is 10.9 Å². The Labute approximate surface area is 199 Å². The summed E-state index contributed by atoms with van der Waals surface area (Å²) in [6, 6.07) is 0. The molecule has 2 rings (SSSR count). The van der Waals surface area contributed by atoms with Gasteiger partial charge in [-0.25, -0.2) is 4.98 Å². The zero-order valence-corrected chi connectivity index (χ0v) is 20.2. The second kappa shape index (κ2) is 15.0. The number of ether oxygens (including phenoxy) is 3. The third-order valence-electron chi connectivity index (χ3n) is 5.27. The third kappa shape index (κ3) is 9.50. The summed E-state index contributed by atoms with van der Waals surface area (Å²) >= 11 is 0. The molecule has 0 aliphatic heterocycles. The number of nitrogens with zero attached hydrogens (tertiary/aromatic N) is 3. The zero-order chi connectivity index (χ0) is 24.8. The van der Waals surface area contributed by atoms with E-state index in [1.807, 2.05) is 0 Å². The quantitative estimate of drug-likeness (QED) is 0.257. The van der Waals surface area contributed by atoms with E-state index in [4.69, 9.17) is 19.9 Å². The molecule has 0 fully saturated rings. The zero-order valence-electron chi connectivity index (χ0n) is 20.2. The Balaban J connectivity index is 1.92. The minimum absolute atomic E-state index is 0.0372. The highest BCUT2D eigenvalue weighted by Gasteiger charge is 2.17. The van der Waals surface area contributed by atoms with Crippen LogP contribution in [0.3, 0.4) is 0 Å². The molecule has 190 valence electrons. The lowest BCUT2D eigenvalue weighted by Gasteiger charge is -2.18. The molecule has 0 bridgehead atoms. The first-order valence-corrected chi connectivity index (χ1v) is 12.1.